The van der Waals surface area contributed by atoms with E-state index in [0.717, 1.165) is 22.6 Å². The quantitative estimate of drug-likeness (QED) is 0.708. The maximum Gasteiger partial charge on any atom is 0.164 e. The minimum atomic E-state index is 0.755. The Morgan fingerprint density at radius 2 is 1.92 bits per heavy atom. The zero-order valence-electron chi connectivity index (χ0n) is 8.26. The molecule has 0 heterocycles. The molecule has 0 aliphatic rings. The van der Waals surface area contributed by atoms with Crippen molar-refractivity contribution in [2.45, 2.75) is 6.92 Å². The van der Waals surface area contributed by atoms with Crippen LogP contribution in [0.2, 0.25) is 0 Å². The van der Waals surface area contributed by atoms with Crippen LogP contribution in [0.3, 0.4) is 0 Å². The van der Waals surface area contributed by atoms with Crippen molar-refractivity contribution in [2.24, 2.45) is 0 Å². The van der Waals surface area contributed by atoms with Gasteiger partial charge >= 0.3 is 0 Å². The summed E-state index contributed by atoms with van der Waals surface area (Å²) in [5.74, 6) is 1.53. The zero-order chi connectivity index (χ0) is 9.84. The van der Waals surface area contributed by atoms with E-state index in [0.29, 0.717) is 0 Å². The second-order valence-corrected chi connectivity index (χ2v) is 2.72. The molecule has 0 aromatic heterocycles. The molecule has 0 bridgehead atoms. The lowest BCUT2D eigenvalue weighted by molar-refractivity contribution is 0.353. The van der Waals surface area contributed by atoms with Gasteiger partial charge in [0.25, 0.3) is 0 Å². The summed E-state index contributed by atoms with van der Waals surface area (Å²) >= 11 is 0. The second-order valence-electron chi connectivity index (χ2n) is 2.72. The van der Waals surface area contributed by atoms with Crippen LogP contribution < -0.4 is 9.47 Å². The van der Waals surface area contributed by atoms with Crippen LogP contribution in [0.15, 0.2) is 18.7 Å². The fourth-order valence-corrected chi connectivity index (χ4v) is 1.32. The van der Waals surface area contributed by atoms with Crippen LogP contribution in [0.4, 0.5) is 0 Å². The van der Waals surface area contributed by atoms with Gasteiger partial charge in [-0.2, -0.15) is 0 Å². The standard InChI is InChI=1S/C11H14O2/c1-5-9-6-7-10(12-3)11(13-4)8(9)2/h5-7H,1H2,2-4H3. The van der Waals surface area contributed by atoms with Crippen LogP contribution >= 0.6 is 0 Å². The number of hydrogen-bond acceptors (Lipinski definition) is 2. The number of rotatable bonds is 3. The van der Waals surface area contributed by atoms with E-state index >= 15 is 0 Å². The van der Waals surface area contributed by atoms with Gasteiger partial charge in [-0.3, -0.25) is 0 Å². The zero-order valence-corrected chi connectivity index (χ0v) is 8.26. The van der Waals surface area contributed by atoms with Crippen molar-refractivity contribution < 1.29 is 9.47 Å². The van der Waals surface area contributed by atoms with E-state index in [4.69, 9.17) is 9.47 Å². The van der Waals surface area contributed by atoms with E-state index in [-0.39, 0.29) is 0 Å². The average Bonchev–Trinajstić information content (AvgIpc) is 2.17. The molecule has 0 atom stereocenters. The highest BCUT2D eigenvalue weighted by molar-refractivity contribution is 5.60. The van der Waals surface area contributed by atoms with E-state index < -0.39 is 0 Å². The lowest BCUT2D eigenvalue weighted by Crippen LogP contribution is -1.94. The van der Waals surface area contributed by atoms with Crippen molar-refractivity contribution in [3.05, 3.63) is 29.8 Å². The van der Waals surface area contributed by atoms with Crippen LogP contribution in [-0.4, -0.2) is 14.2 Å². The van der Waals surface area contributed by atoms with Crippen LogP contribution in [0.25, 0.3) is 6.08 Å². The molecule has 0 saturated heterocycles. The number of hydrogen-bond donors (Lipinski definition) is 0. The van der Waals surface area contributed by atoms with Gasteiger partial charge in [0.15, 0.2) is 11.5 Å². The molecular weight excluding hydrogens is 164 g/mol. The highest BCUT2D eigenvalue weighted by Crippen LogP contribution is 2.32. The largest absolute Gasteiger partial charge is 0.493 e. The molecule has 0 amide bonds. The lowest BCUT2D eigenvalue weighted by Gasteiger charge is -2.11. The van der Waals surface area contributed by atoms with Gasteiger partial charge in [0.05, 0.1) is 14.2 Å². The lowest BCUT2D eigenvalue weighted by atomic mass is 10.1. The molecular formula is C11H14O2. The summed E-state index contributed by atoms with van der Waals surface area (Å²) in [6.45, 7) is 5.71. The highest BCUT2D eigenvalue weighted by atomic mass is 16.5. The summed E-state index contributed by atoms with van der Waals surface area (Å²) in [4.78, 5) is 0. The first-order valence-electron chi connectivity index (χ1n) is 4.08. The maximum absolute atomic E-state index is 5.24. The van der Waals surface area contributed by atoms with Crippen molar-refractivity contribution in [3.8, 4) is 11.5 Å². The van der Waals surface area contributed by atoms with E-state index in [9.17, 15) is 0 Å². The highest BCUT2D eigenvalue weighted by Gasteiger charge is 2.08. The molecule has 1 aromatic carbocycles. The molecule has 0 aliphatic heterocycles. The molecule has 1 rings (SSSR count). The molecule has 70 valence electrons. The molecule has 0 fully saturated rings. The number of ether oxygens (including phenoxy) is 2. The third-order valence-electron chi connectivity index (χ3n) is 2.06. The number of methoxy groups -OCH3 is 2. The van der Waals surface area contributed by atoms with Crippen LogP contribution in [0.1, 0.15) is 11.1 Å². The Labute approximate surface area is 78.8 Å². The molecule has 13 heavy (non-hydrogen) atoms. The first-order chi connectivity index (χ1) is 6.24. The molecule has 0 unspecified atom stereocenters. The Hall–Kier alpha value is -1.44. The minimum Gasteiger partial charge on any atom is -0.493 e. The van der Waals surface area contributed by atoms with Crippen molar-refractivity contribution in [2.75, 3.05) is 14.2 Å². The molecule has 0 saturated carbocycles. The fourth-order valence-electron chi connectivity index (χ4n) is 1.32. The Balaban J connectivity index is 3.31. The third kappa shape index (κ3) is 1.66. The van der Waals surface area contributed by atoms with Gasteiger partial charge in [-0.25, -0.2) is 0 Å². The summed E-state index contributed by atoms with van der Waals surface area (Å²) in [5, 5.41) is 0. The Morgan fingerprint density at radius 1 is 1.23 bits per heavy atom. The van der Waals surface area contributed by atoms with Crippen LogP contribution in [0.5, 0.6) is 11.5 Å². The van der Waals surface area contributed by atoms with Gasteiger partial charge in [0.2, 0.25) is 0 Å². The molecule has 1 aromatic rings. The van der Waals surface area contributed by atoms with Crippen LogP contribution in [-0.2, 0) is 0 Å². The maximum atomic E-state index is 5.24. The van der Waals surface area contributed by atoms with Gasteiger partial charge in [-0.05, 0) is 18.6 Å². The SMILES string of the molecule is C=Cc1ccc(OC)c(OC)c1C. The van der Waals surface area contributed by atoms with Gasteiger partial charge in [0, 0.05) is 5.56 Å². The third-order valence-corrected chi connectivity index (χ3v) is 2.06. The monoisotopic (exact) mass is 178 g/mol. The van der Waals surface area contributed by atoms with Crippen molar-refractivity contribution in [1.29, 1.82) is 0 Å². The predicted octanol–water partition coefficient (Wildman–Crippen LogP) is 2.66. The molecule has 0 radical (unpaired) electrons. The fraction of sp³-hybridized carbons (Fsp3) is 0.273. The molecule has 2 nitrogen and oxygen atoms in total. The minimum absolute atomic E-state index is 0.755. The summed E-state index contributed by atoms with van der Waals surface area (Å²) in [5.41, 5.74) is 2.12. The molecule has 0 N–H and O–H groups in total. The van der Waals surface area contributed by atoms with Crippen molar-refractivity contribution in [1.82, 2.24) is 0 Å². The predicted molar refractivity (Wildman–Crippen MR) is 54.4 cm³/mol. The first kappa shape index (κ1) is 9.65. The van der Waals surface area contributed by atoms with Crippen molar-refractivity contribution in [3.63, 3.8) is 0 Å². The average molecular weight is 178 g/mol. The van der Waals surface area contributed by atoms with Crippen LogP contribution in [0, 0.1) is 6.92 Å². The van der Waals surface area contributed by atoms with Gasteiger partial charge in [-0.15, -0.1) is 0 Å². The summed E-state index contributed by atoms with van der Waals surface area (Å²) < 4.78 is 10.4. The van der Waals surface area contributed by atoms with Gasteiger partial charge in [0.1, 0.15) is 0 Å². The summed E-state index contributed by atoms with van der Waals surface area (Å²) in [6.07, 6.45) is 1.80. The van der Waals surface area contributed by atoms with E-state index in [2.05, 4.69) is 6.58 Å². The van der Waals surface area contributed by atoms with Crippen molar-refractivity contribution >= 4 is 6.08 Å². The Bertz CT molecular complexity index is 316. The topological polar surface area (TPSA) is 18.5 Å². The van der Waals surface area contributed by atoms with E-state index in [1.165, 1.54) is 0 Å². The first-order valence-corrected chi connectivity index (χ1v) is 4.08. The summed E-state index contributed by atoms with van der Waals surface area (Å²) in [6, 6.07) is 3.84. The number of benzene rings is 1. The normalized spacial score (nSPS) is 9.46. The van der Waals surface area contributed by atoms with Gasteiger partial charge in [-0.1, -0.05) is 18.7 Å². The second kappa shape index (κ2) is 3.99. The summed E-state index contributed by atoms with van der Waals surface area (Å²) in [7, 11) is 3.27. The Morgan fingerprint density at radius 3 is 2.38 bits per heavy atom. The molecule has 0 spiro atoms. The van der Waals surface area contributed by atoms with E-state index in [1.807, 2.05) is 19.1 Å². The molecule has 2 heteroatoms. The Kier molecular flexibility index (Phi) is 2.96. The smallest absolute Gasteiger partial charge is 0.164 e. The molecule has 0 aliphatic carbocycles. The van der Waals surface area contributed by atoms with E-state index in [1.54, 1.807) is 20.3 Å². The van der Waals surface area contributed by atoms with Gasteiger partial charge < -0.3 is 9.47 Å².